The molecule has 1 aromatic carbocycles. The fourth-order valence-corrected chi connectivity index (χ4v) is 4.51. The number of piperidine rings is 1. The van der Waals surface area contributed by atoms with Crippen molar-refractivity contribution in [3.63, 3.8) is 0 Å². The molecular formula is C24H24N8. The number of imidazole rings is 1. The first-order valence-corrected chi connectivity index (χ1v) is 11.0. The Bertz CT molecular complexity index is 1410. The Morgan fingerprint density at radius 2 is 1.78 bits per heavy atom. The van der Waals surface area contributed by atoms with Gasteiger partial charge in [0.25, 0.3) is 0 Å². The zero-order chi connectivity index (χ0) is 21.5. The Hall–Kier alpha value is -3.94. The van der Waals surface area contributed by atoms with Gasteiger partial charge in [0.15, 0.2) is 5.82 Å². The summed E-state index contributed by atoms with van der Waals surface area (Å²) in [6, 6.07) is 8.36. The predicted molar refractivity (Wildman–Crippen MR) is 128 cm³/mol. The van der Waals surface area contributed by atoms with Gasteiger partial charge in [0.1, 0.15) is 11.2 Å². The van der Waals surface area contributed by atoms with Crippen molar-refractivity contribution in [1.82, 2.24) is 30.1 Å². The number of hydrogen-bond acceptors (Lipinski definition) is 6. The van der Waals surface area contributed by atoms with Crippen LogP contribution in [0.3, 0.4) is 0 Å². The van der Waals surface area contributed by atoms with E-state index in [2.05, 4.69) is 59.6 Å². The van der Waals surface area contributed by atoms with Crippen molar-refractivity contribution >= 4 is 33.3 Å². The summed E-state index contributed by atoms with van der Waals surface area (Å²) in [5.41, 5.74) is 7.86. The van der Waals surface area contributed by atoms with Gasteiger partial charge in [0.05, 0.1) is 34.8 Å². The van der Waals surface area contributed by atoms with Crippen molar-refractivity contribution in [2.45, 2.75) is 19.3 Å². The lowest BCUT2D eigenvalue weighted by Crippen LogP contribution is -2.29. The van der Waals surface area contributed by atoms with E-state index in [0.29, 0.717) is 0 Å². The van der Waals surface area contributed by atoms with Crippen LogP contribution in [0.15, 0.2) is 49.1 Å². The quantitative estimate of drug-likeness (QED) is 0.390. The maximum atomic E-state index is 4.97. The third-order valence-corrected chi connectivity index (χ3v) is 6.22. The third kappa shape index (κ3) is 3.15. The van der Waals surface area contributed by atoms with Gasteiger partial charge in [0, 0.05) is 43.5 Å². The predicted octanol–water partition coefficient (Wildman–Crippen LogP) is 4.60. The second-order valence-electron chi connectivity index (χ2n) is 8.23. The highest BCUT2D eigenvalue weighted by atomic mass is 15.2. The molecule has 0 bridgehead atoms. The smallest absolute Gasteiger partial charge is 0.159 e. The molecule has 0 saturated carbocycles. The van der Waals surface area contributed by atoms with Crippen LogP contribution in [0.25, 0.3) is 44.6 Å². The monoisotopic (exact) mass is 424 g/mol. The van der Waals surface area contributed by atoms with E-state index in [1.165, 1.54) is 19.3 Å². The average Bonchev–Trinajstić information content (AvgIpc) is 3.48. The van der Waals surface area contributed by atoms with Crippen LogP contribution in [0, 0.1) is 0 Å². The number of pyridine rings is 2. The molecule has 0 radical (unpaired) electrons. The second kappa shape index (κ2) is 7.64. The van der Waals surface area contributed by atoms with E-state index in [1.807, 2.05) is 31.8 Å². The number of hydrogen-bond donors (Lipinski definition) is 3. The molecular weight excluding hydrogens is 400 g/mol. The first-order chi connectivity index (χ1) is 15.8. The molecule has 0 unspecified atom stereocenters. The maximum absolute atomic E-state index is 4.97. The zero-order valence-corrected chi connectivity index (χ0v) is 17.9. The van der Waals surface area contributed by atoms with Crippen molar-refractivity contribution < 1.29 is 0 Å². The molecule has 160 valence electrons. The second-order valence-corrected chi connectivity index (χ2v) is 8.23. The molecule has 8 heteroatoms. The van der Waals surface area contributed by atoms with Gasteiger partial charge < -0.3 is 15.2 Å². The first kappa shape index (κ1) is 18.8. The molecule has 5 heterocycles. The number of anilines is 2. The molecule has 6 rings (SSSR count). The van der Waals surface area contributed by atoms with E-state index in [1.54, 1.807) is 0 Å². The average molecular weight is 425 g/mol. The van der Waals surface area contributed by atoms with Crippen molar-refractivity contribution in [2.24, 2.45) is 0 Å². The molecule has 3 N–H and O–H groups in total. The summed E-state index contributed by atoms with van der Waals surface area (Å²) in [4.78, 5) is 19.6. The van der Waals surface area contributed by atoms with Crippen molar-refractivity contribution in [1.29, 1.82) is 0 Å². The highest BCUT2D eigenvalue weighted by Gasteiger charge is 2.19. The fraction of sp³-hybridized carbons (Fsp3) is 0.250. The molecule has 0 atom stereocenters. The van der Waals surface area contributed by atoms with Gasteiger partial charge in [-0.05, 0) is 43.0 Å². The molecule has 32 heavy (non-hydrogen) atoms. The molecule has 4 aromatic heterocycles. The summed E-state index contributed by atoms with van der Waals surface area (Å²) in [7, 11) is 1.90. The van der Waals surface area contributed by atoms with Gasteiger partial charge in [0.2, 0.25) is 0 Å². The molecule has 1 fully saturated rings. The normalized spacial score (nSPS) is 14.3. The van der Waals surface area contributed by atoms with Gasteiger partial charge in [-0.15, -0.1) is 0 Å². The van der Waals surface area contributed by atoms with Crippen LogP contribution in [-0.2, 0) is 0 Å². The lowest BCUT2D eigenvalue weighted by molar-refractivity contribution is 0.578. The van der Waals surface area contributed by atoms with Crippen LogP contribution in [0.5, 0.6) is 0 Å². The van der Waals surface area contributed by atoms with E-state index in [9.17, 15) is 0 Å². The number of nitrogens with zero attached hydrogens (tertiary/aromatic N) is 5. The van der Waals surface area contributed by atoms with Crippen LogP contribution in [0.1, 0.15) is 19.3 Å². The Balaban J connectivity index is 1.45. The summed E-state index contributed by atoms with van der Waals surface area (Å²) < 4.78 is 0. The molecule has 1 aliphatic rings. The van der Waals surface area contributed by atoms with Crippen LogP contribution >= 0.6 is 0 Å². The van der Waals surface area contributed by atoms with Crippen LogP contribution < -0.4 is 10.2 Å². The molecule has 5 aromatic rings. The molecule has 0 aliphatic carbocycles. The summed E-state index contributed by atoms with van der Waals surface area (Å²) in [6.45, 7) is 2.11. The Labute approximate surface area is 185 Å². The van der Waals surface area contributed by atoms with E-state index in [4.69, 9.17) is 4.98 Å². The minimum absolute atomic E-state index is 0.747. The lowest BCUT2D eigenvalue weighted by atomic mass is 10.0. The zero-order valence-electron chi connectivity index (χ0n) is 17.9. The SMILES string of the molecule is CNc1cncc(-c2ccc3[nH]nc(-c4nc5c(N6CCCCC6)cncc5[nH]4)c3c2)c1. The number of rotatable bonds is 4. The number of H-pyrrole nitrogens is 2. The first-order valence-electron chi connectivity index (χ1n) is 11.0. The minimum Gasteiger partial charge on any atom is -0.387 e. The minimum atomic E-state index is 0.747. The third-order valence-electron chi connectivity index (χ3n) is 6.22. The van der Waals surface area contributed by atoms with Crippen molar-refractivity contribution in [3.8, 4) is 22.6 Å². The Kier molecular flexibility index (Phi) is 4.49. The summed E-state index contributed by atoms with van der Waals surface area (Å²) in [5.74, 6) is 0.747. The van der Waals surface area contributed by atoms with Gasteiger partial charge in [-0.3, -0.25) is 15.1 Å². The summed E-state index contributed by atoms with van der Waals surface area (Å²) >= 11 is 0. The molecule has 0 amide bonds. The van der Waals surface area contributed by atoms with E-state index in [0.717, 1.165) is 69.0 Å². The molecule has 1 saturated heterocycles. The summed E-state index contributed by atoms with van der Waals surface area (Å²) in [6.07, 6.45) is 11.2. The van der Waals surface area contributed by atoms with Gasteiger partial charge >= 0.3 is 0 Å². The van der Waals surface area contributed by atoms with E-state index in [-0.39, 0.29) is 0 Å². The number of aromatic nitrogens is 6. The van der Waals surface area contributed by atoms with Crippen molar-refractivity contribution in [2.75, 3.05) is 30.4 Å². The highest BCUT2D eigenvalue weighted by Crippen LogP contribution is 2.33. The largest absolute Gasteiger partial charge is 0.387 e. The topological polar surface area (TPSA) is 98.4 Å². The number of nitrogens with one attached hydrogen (secondary N) is 3. The maximum Gasteiger partial charge on any atom is 0.159 e. The Morgan fingerprint density at radius 3 is 2.66 bits per heavy atom. The standard InChI is InChI=1S/C24H24N8/c1-25-17-9-16(11-26-12-17)15-5-6-19-18(10-15)22(31-30-19)24-28-20-13-27-14-21(23(20)29-24)32-7-3-2-4-8-32/h5-6,9-14,25H,2-4,7-8H2,1H3,(H,28,29)(H,30,31). The molecule has 1 aliphatic heterocycles. The van der Waals surface area contributed by atoms with Gasteiger partial charge in [-0.2, -0.15) is 5.10 Å². The van der Waals surface area contributed by atoms with Crippen LogP contribution in [-0.4, -0.2) is 50.3 Å². The fourth-order valence-electron chi connectivity index (χ4n) is 4.51. The highest BCUT2D eigenvalue weighted by molar-refractivity contribution is 5.97. The van der Waals surface area contributed by atoms with Crippen LogP contribution in [0.2, 0.25) is 0 Å². The number of fused-ring (bicyclic) bond motifs is 2. The van der Waals surface area contributed by atoms with Crippen LogP contribution in [0.4, 0.5) is 11.4 Å². The van der Waals surface area contributed by atoms with Gasteiger partial charge in [-0.1, -0.05) is 6.07 Å². The molecule has 0 spiro atoms. The number of benzene rings is 1. The Morgan fingerprint density at radius 1 is 0.906 bits per heavy atom. The van der Waals surface area contributed by atoms with E-state index < -0.39 is 0 Å². The van der Waals surface area contributed by atoms with Crippen molar-refractivity contribution in [3.05, 3.63) is 49.1 Å². The van der Waals surface area contributed by atoms with Gasteiger partial charge in [-0.25, -0.2) is 4.98 Å². The van der Waals surface area contributed by atoms with E-state index >= 15 is 0 Å². The summed E-state index contributed by atoms with van der Waals surface area (Å²) in [5, 5.41) is 11.9. The number of aromatic amines is 2. The molecule has 8 nitrogen and oxygen atoms in total. The lowest BCUT2D eigenvalue weighted by Gasteiger charge is -2.28.